The summed E-state index contributed by atoms with van der Waals surface area (Å²) in [7, 11) is 0. The van der Waals surface area contributed by atoms with Crippen molar-refractivity contribution < 1.29 is 0 Å². The van der Waals surface area contributed by atoms with Crippen LogP contribution < -0.4 is 15.8 Å². The van der Waals surface area contributed by atoms with E-state index >= 15 is 0 Å². The SMILES string of the molecule is Cc1cc(=O)n2c(n1)NC(N1CCc3ccccc31)=N[C@H]2c1ccccc1Cl. The van der Waals surface area contributed by atoms with Gasteiger partial charge >= 0.3 is 0 Å². The van der Waals surface area contributed by atoms with Gasteiger partial charge in [-0.2, -0.15) is 0 Å². The van der Waals surface area contributed by atoms with Gasteiger partial charge in [0.2, 0.25) is 11.9 Å². The van der Waals surface area contributed by atoms with Crippen LogP contribution in [0.15, 0.2) is 64.4 Å². The largest absolute Gasteiger partial charge is 0.312 e. The van der Waals surface area contributed by atoms with Gasteiger partial charge in [0.05, 0.1) is 0 Å². The average molecular weight is 392 g/mol. The van der Waals surface area contributed by atoms with Crippen molar-refractivity contribution in [3.05, 3.63) is 86.8 Å². The Kier molecular flexibility index (Phi) is 3.94. The second kappa shape index (κ2) is 6.49. The summed E-state index contributed by atoms with van der Waals surface area (Å²) in [6.07, 6.45) is 0.370. The first kappa shape index (κ1) is 17.0. The number of hydrogen-bond acceptors (Lipinski definition) is 5. The normalized spacial score (nSPS) is 17.6. The van der Waals surface area contributed by atoms with Gasteiger partial charge in [-0.25, -0.2) is 9.98 Å². The Morgan fingerprint density at radius 3 is 2.79 bits per heavy atom. The molecule has 2 aromatic carbocycles. The molecule has 0 aliphatic carbocycles. The molecule has 1 N–H and O–H groups in total. The van der Waals surface area contributed by atoms with E-state index in [1.165, 1.54) is 11.6 Å². The third-order valence-corrected chi connectivity index (χ3v) is 5.46. The standard InChI is InChI=1S/C21H18ClN5O/c1-13-12-18(28)27-19(15-7-3-4-8-16(15)22)24-20(25-21(27)23-13)26-11-10-14-6-2-5-9-17(14)26/h2-9,12,19H,10-11H2,1H3,(H,23,24,25)/t19-/m1/s1. The van der Waals surface area contributed by atoms with E-state index in [1.54, 1.807) is 4.57 Å². The van der Waals surface area contributed by atoms with E-state index in [-0.39, 0.29) is 5.56 Å². The van der Waals surface area contributed by atoms with Crippen molar-refractivity contribution in [3.63, 3.8) is 0 Å². The molecule has 0 saturated heterocycles. The number of fused-ring (bicyclic) bond motifs is 2. The lowest BCUT2D eigenvalue weighted by Crippen LogP contribution is -2.43. The molecule has 0 radical (unpaired) electrons. The average Bonchev–Trinajstić information content (AvgIpc) is 3.11. The molecular weight excluding hydrogens is 374 g/mol. The van der Waals surface area contributed by atoms with Crippen molar-refractivity contribution in [2.75, 3.05) is 16.8 Å². The topological polar surface area (TPSA) is 62.5 Å². The summed E-state index contributed by atoms with van der Waals surface area (Å²) in [4.78, 5) is 24.4. The Bertz CT molecular complexity index is 1170. The van der Waals surface area contributed by atoms with Crippen molar-refractivity contribution in [1.29, 1.82) is 0 Å². The molecule has 0 spiro atoms. The van der Waals surface area contributed by atoms with Crippen LogP contribution in [0.4, 0.5) is 11.6 Å². The highest BCUT2D eigenvalue weighted by molar-refractivity contribution is 6.31. The van der Waals surface area contributed by atoms with Crippen molar-refractivity contribution in [1.82, 2.24) is 9.55 Å². The van der Waals surface area contributed by atoms with E-state index in [4.69, 9.17) is 16.6 Å². The summed E-state index contributed by atoms with van der Waals surface area (Å²) in [5.74, 6) is 1.15. The van der Waals surface area contributed by atoms with Gasteiger partial charge in [0.15, 0.2) is 6.17 Å². The van der Waals surface area contributed by atoms with Gasteiger partial charge in [0, 0.05) is 34.6 Å². The van der Waals surface area contributed by atoms with Crippen LogP contribution in [0, 0.1) is 6.92 Å². The van der Waals surface area contributed by atoms with E-state index in [2.05, 4.69) is 27.3 Å². The Labute approximate surface area is 167 Å². The third kappa shape index (κ3) is 2.68. The van der Waals surface area contributed by atoms with Crippen LogP contribution in [0.5, 0.6) is 0 Å². The van der Waals surface area contributed by atoms with E-state index in [0.29, 0.717) is 22.6 Å². The Morgan fingerprint density at radius 1 is 1.14 bits per heavy atom. The minimum Gasteiger partial charge on any atom is -0.312 e. The molecule has 1 aromatic heterocycles. The van der Waals surface area contributed by atoms with Crippen LogP contribution in [0.1, 0.15) is 23.0 Å². The zero-order chi connectivity index (χ0) is 19.3. The number of aromatic nitrogens is 2. The summed E-state index contributed by atoms with van der Waals surface area (Å²) in [6, 6.07) is 17.3. The molecular formula is C21H18ClN5O. The highest BCUT2D eigenvalue weighted by atomic mass is 35.5. The van der Waals surface area contributed by atoms with Crippen molar-refractivity contribution in [2.24, 2.45) is 4.99 Å². The van der Waals surface area contributed by atoms with Crippen LogP contribution in [-0.2, 0) is 6.42 Å². The molecule has 0 amide bonds. The molecule has 7 heteroatoms. The number of aryl methyl sites for hydroxylation is 1. The number of hydrogen-bond donors (Lipinski definition) is 1. The molecule has 0 bridgehead atoms. The molecule has 140 valence electrons. The lowest BCUT2D eigenvalue weighted by atomic mass is 10.1. The number of nitrogens with zero attached hydrogens (tertiary/aromatic N) is 4. The van der Waals surface area contributed by atoms with Gasteiger partial charge in [-0.15, -0.1) is 0 Å². The summed E-state index contributed by atoms with van der Waals surface area (Å²) in [6.45, 7) is 2.63. The first-order valence-corrected chi connectivity index (χ1v) is 9.54. The lowest BCUT2D eigenvalue weighted by Gasteiger charge is -2.31. The summed E-state index contributed by atoms with van der Waals surface area (Å²) in [5, 5.41) is 3.83. The number of benzene rings is 2. The smallest absolute Gasteiger partial charge is 0.257 e. The molecule has 0 saturated carbocycles. The monoisotopic (exact) mass is 391 g/mol. The fourth-order valence-corrected chi connectivity index (χ4v) is 4.06. The molecule has 0 fully saturated rings. The number of nitrogens with one attached hydrogen (secondary N) is 1. The van der Waals surface area contributed by atoms with Crippen molar-refractivity contribution in [3.8, 4) is 0 Å². The second-order valence-electron chi connectivity index (χ2n) is 6.93. The van der Waals surface area contributed by atoms with E-state index in [9.17, 15) is 4.79 Å². The van der Waals surface area contributed by atoms with Gasteiger partial charge in [-0.3, -0.25) is 14.7 Å². The maximum atomic E-state index is 12.8. The van der Waals surface area contributed by atoms with Crippen LogP contribution in [0.3, 0.4) is 0 Å². The first-order valence-electron chi connectivity index (χ1n) is 9.17. The number of anilines is 2. The highest BCUT2D eigenvalue weighted by Crippen LogP contribution is 2.33. The quantitative estimate of drug-likeness (QED) is 0.688. The van der Waals surface area contributed by atoms with Crippen LogP contribution in [0.2, 0.25) is 5.02 Å². The fourth-order valence-electron chi connectivity index (χ4n) is 3.82. The molecule has 0 unspecified atom stereocenters. The van der Waals surface area contributed by atoms with Crippen LogP contribution >= 0.6 is 11.6 Å². The number of halogens is 1. The van der Waals surface area contributed by atoms with Crippen LogP contribution in [-0.4, -0.2) is 22.1 Å². The summed E-state index contributed by atoms with van der Waals surface area (Å²) in [5.41, 5.74) is 3.66. The number of rotatable bonds is 1. The minimum absolute atomic E-state index is 0.162. The molecule has 6 nitrogen and oxygen atoms in total. The predicted molar refractivity (Wildman–Crippen MR) is 111 cm³/mol. The maximum absolute atomic E-state index is 12.8. The molecule has 3 heterocycles. The highest BCUT2D eigenvalue weighted by Gasteiger charge is 2.31. The van der Waals surface area contributed by atoms with Gasteiger partial charge in [-0.05, 0) is 31.0 Å². The zero-order valence-electron chi connectivity index (χ0n) is 15.3. The van der Waals surface area contributed by atoms with Gasteiger partial charge in [0.1, 0.15) is 0 Å². The van der Waals surface area contributed by atoms with E-state index in [0.717, 1.165) is 24.2 Å². The Morgan fingerprint density at radius 2 is 1.93 bits per heavy atom. The molecule has 1 atom stereocenters. The minimum atomic E-state index is -0.576. The second-order valence-corrected chi connectivity index (χ2v) is 7.34. The maximum Gasteiger partial charge on any atom is 0.257 e. The lowest BCUT2D eigenvalue weighted by molar-refractivity contribution is 0.575. The fraction of sp³-hybridized carbons (Fsp3) is 0.190. The first-order chi connectivity index (χ1) is 13.6. The Balaban J connectivity index is 1.69. The zero-order valence-corrected chi connectivity index (χ0v) is 16.0. The Hall–Kier alpha value is -3.12. The van der Waals surface area contributed by atoms with Gasteiger partial charge in [0.25, 0.3) is 5.56 Å². The third-order valence-electron chi connectivity index (χ3n) is 5.12. The van der Waals surface area contributed by atoms with Gasteiger partial charge in [-0.1, -0.05) is 48.0 Å². The van der Waals surface area contributed by atoms with E-state index < -0.39 is 6.17 Å². The summed E-state index contributed by atoms with van der Waals surface area (Å²) < 4.78 is 1.56. The van der Waals surface area contributed by atoms with E-state index in [1.807, 2.05) is 43.3 Å². The molecule has 28 heavy (non-hydrogen) atoms. The van der Waals surface area contributed by atoms with Gasteiger partial charge < -0.3 is 4.90 Å². The molecule has 2 aliphatic heterocycles. The molecule has 5 rings (SSSR count). The summed E-state index contributed by atoms with van der Waals surface area (Å²) >= 11 is 6.46. The predicted octanol–water partition coefficient (Wildman–Crippen LogP) is 3.60. The molecule has 3 aromatic rings. The number of guanidine groups is 1. The number of aliphatic imine (C=N–C) groups is 1. The van der Waals surface area contributed by atoms with Crippen molar-refractivity contribution in [2.45, 2.75) is 19.5 Å². The number of para-hydroxylation sites is 1. The van der Waals surface area contributed by atoms with Crippen LogP contribution in [0.25, 0.3) is 0 Å². The molecule has 2 aliphatic rings. The van der Waals surface area contributed by atoms with Crippen molar-refractivity contribution >= 4 is 29.2 Å².